The maximum atomic E-state index is 12.5. The van der Waals surface area contributed by atoms with Gasteiger partial charge < -0.3 is 9.88 Å². The maximum Gasteiger partial charge on any atom is 0.255 e. The molecule has 1 aromatic heterocycles. The minimum absolute atomic E-state index is 0.00214. The summed E-state index contributed by atoms with van der Waals surface area (Å²) in [6, 6.07) is 4.51. The van der Waals surface area contributed by atoms with Gasteiger partial charge >= 0.3 is 0 Å². The molecular weight excluding hydrogens is 236 g/mol. The van der Waals surface area contributed by atoms with Crippen LogP contribution in [-0.4, -0.2) is 10.6 Å². The van der Waals surface area contributed by atoms with Gasteiger partial charge in [0.2, 0.25) is 0 Å². The number of nitrogens with zero attached hydrogens (tertiary/aromatic N) is 1. The van der Waals surface area contributed by atoms with Crippen molar-refractivity contribution in [3.63, 3.8) is 0 Å². The van der Waals surface area contributed by atoms with Crippen molar-refractivity contribution in [2.45, 2.75) is 72.5 Å². The van der Waals surface area contributed by atoms with Gasteiger partial charge in [0.15, 0.2) is 0 Å². The second kappa shape index (κ2) is 6.38. The Kier molecular flexibility index (Phi) is 5.36. The van der Waals surface area contributed by atoms with Crippen LogP contribution in [0.2, 0.25) is 0 Å². The van der Waals surface area contributed by atoms with E-state index in [1.165, 1.54) is 0 Å². The third-order valence-corrected chi connectivity index (χ3v) is 3.59. The largest absolute Gasteiger partial charge is 0.312 e. The van der Waals surface area contributed by atoms with Crippen molar-refractivity contribution in [2.75, 3.05) is 0 Å². The van der Waals surface area contributed by atoms with Gasteiger partial charge in [0.25, 0.3) is 5.56 Å². The minimum atomic E-state index is -0.00214. The normalized spacial score (nSPS) is 13.6. The number of aromatic nitrogens is 1. The molecule has 1 rings (SSSR count). The third-order valence-electron chi connectivity index (χ3n) is 3.59. The first-order chi connectivity index (χ1) is 8.81. The molecule has 1 heterocycles. The molecule has 3 nitrogen and oxygen atoms in total. The van der Waals surface area contributed by atoms with Crippen LogP contribution in [0.25, 0.3) is 0 Å². The van der Waals surface area contributed by atoms with Crippen LogP contribution in [0, 0.1) is 0 Å². The molecule has 3 heteroatoms. The summed E-state index contributed by atoms with van der Waals surface area (Å²) < 4.78 is 1.90. The smallest absolute Gasteiger partial charge is 0.255 e. The van der Waals surface area contributed by atoms with E-state index in [2.05, 4.69) is 46.0 Å². The Morgan fingerprint density at radius 1 is 1.26 bits per heavy atom. The van der Waals surface area contributed by atoms with Crippen LogP contribution < -0.4 is 10.9 Å². The fourth-order valence-corrected chi connectivity index (χ4v) is 2.16. The Balaban J connectivity index is 3.09. The van der Waals surface area contributed by atoms with Gasteiger partial charge in [0.1, 0.15) is 0 Å². The van der Waals surface area contributed by atoms with Gasteiger partial charge in [-0.1, -0.05) is 33.8 Å². The molecule has 1 unspecified atom stereocenters. The maximum absolute atomic E-state index is 12.5. The van der Waals surface area contributed by atoms with E-state index in [4.69, 9.17) is 0 Å². The number of hydrogen-bond donors (Lipinski definition) is 1. The zero-order valence-corrected chi connectivity index (χ0v) is 13.2. The SMILES string of the molecule is CCC(C)NCc1ccc(C(C)(C)C)n(CC)c1=O. The van der Waals surface area contributed by atoms with Crippen molar-refractivity contribution in [3.05, 3.63) is 33.7 Å². The average molecular weight is 264 g/mol. The first kappa shape index (κ1) is 16.0. The van der Waals surface area contributed by atoms with Gasteiger partial charge in [-0.2, -0.15) is 0 Å². The van der Waals surface area contributed by atoms with Crippen LogP contribution in [0.1, 0.15) is 59.2 Å². The van der Waals surface area contributed by atoms with E-state index in [9.17, 15) is 4.79 Å². The van der Waals surface area contributed by atoms with Crippen LogP contribution >= 0.6 is 0 Å². The predicted octanol–water partition coefficient (Wildman–Crippen LogP) is 3.05. The lowest BCUT2D eigenvalue weighted by molar-refractivity contribution is 0.499. The molecular formula is C16H28N2O. The van der Waals surface area contributed by atoms with E-state index in [1.807, 2.05) is 17.6 Å². The highest BCUT2D eigenvalue weighted by Gasteiger charge is 2.19. The molecule has 1 atom stereocenters. The fourth-order valence-electron chi connectivity index (χ4n) is 2.16. The molecule has 0 amide bonds. The van der Waals surface area contributed by atoms with Crippen molar-refractivity contribution in [1.29, 1.82) is 0 Å². The summed E-state index contributed by atoms with van der Waals surface area (Å²) in [4.78, 5) is 12.5. The van der Waals surface area contributed by atoms with Crippen molar-refractivity contribution in [1.82, 2.24) is 9.88 Å². The molecule has 0 aliphatic rings. The Labute approximate surface area is 117 Å². The van der Waals surface area contributed by atoms with Crippen LogP contribution in [0.15, 0.2) is 16.9 Å². The van der Waals surface area contributed by atoms with Gasteiger partial charge in [-0.15, -0.1) is 0 Å². The third kappa shape index (κ3) is 3.93. The summed E-state index contributed by atoms with van der Waals surface area (Å²) >= 11 is 0. The van der Waals surface area contributed by atoms with Crippen LogP contribution in [-0.2, 0) is 18.5 Å². The topological polar surface area (TPSA) is 34.0 Å². The van der Waals surface area contributed by atoms with E-state index in [-0.39, 0.29) is 11.0 Å². The molecule has 108 valence electrons. The molecule has 0 aliphatic carbocycles. The van der Waals surface area contributed by atoms with Gasteiger partial charge in [-0.3, -0.25) is 4.79 Å². The summed E-state index contributed by atoms with van der Waals surface area (Å²) in [5.41, 5.74) is 2.10. The summed E-state index contributed by atoms with van der Waals surface area (Å²) in [6.45, 7) is 14.1. The second-order valence-corrected chi connectivity index (χ2v) is 6.23. The van der Waals surface area contributed by atoms with Gasteiger partial charge in [-0.05, 0) is 26.3 Å². The highest BCUT2D eigenvalue weighted by atomic mass is 16.1. The monoisotopic (exact) mass is 264 g/mol. The van der Waals surface area contributed by atoms with Crippen LogP contribution in [0.5, 0.6) is 0 Å². The van der Waals surface area contributed by atoms with Gasteiger partial charge in [-0.25, -0.2) is 0 Å². The lowest BCUT2D eigenvalue weighted by Crippen LogP contribution is -2.34. The molecule has 0 aromatic carbocycles. The van der Waals surface area contributed by atoms with E-state index in [0.29, 0.717) is 12.6 Å². The summed E-state index contributed by atoms with van der Waals surface area (Å²) in [5, 5.41) is 3.39. The molecule has 0 aliphatic heterocycles. The highest BCUT2D eigenvalue weighted by Crippen LogP contribution is 2.21. The molecule has 0 saturated carbocycles. The first-order valence-corrected chi connectivity index (χ1v) is 7.27. The predicted molar refractivity (Wildman–Crippen MR) is 81.7 cm³/mol. The van der Waals surface area contributed by atoms with Crippen molar-refractivity contribution < 1.29 is 0 Å². The molecule has 0 bridgehead atoms. The van der Waals surface area contributed by atoms with Crippen molar-refractivity contribution >= 4 is 0 Å². The quantitative estimate of drug-likeness (QED) is 0.887. The van der Waals surface area contributed by atoms with E-state index in [0.717, 1.165) is 24.2 Å². The Hall–Kier alpha value is -1.09. The lowest BCUT2D eigenvalue weighted by Gasteiger charge is -2.24. The molecule has 0 fully saturated rings. The molecule has 1 aromatic rings. The van der Waals surface area contributed by atoms with Gasteiger partial charge in [0.05, 0.1) is 0 Å². The molecule has 0 radical (unpaired) electrons. The summed E-state index contributed by atoms with van der Waals surface area (Å²) in [6.07, 6.45) is 1.07. The Morgan fingerprint density at radius 3 is 2.37 bits per heavy atom. The highest BCUT2D eigenvalue weighted by molar-refractivity contribution is 5.21. The Bertz CT molecular complexity index is 469. The number of hydrogen-bond acceptors (Lipinski definition) is 2. The molecule has 0 saturated heterocycles. The van der Waals surface area contributed by atoms with Crippen LogP contribution in [0.3, 0.4) is 0 Å². The standard InChI is InChI=1S/C16H28N2O/c1-7-12(3)17-11-13-9-10-14(16(4,5)6)18(8-2)15(13)19/h9-10,12,17H,7-8,11H2,1-6H3. The van der Waals surface area contributed by atoms with E-state index >= 15 is 0 Å². The minimum Gasteiger partial charge on any atom is -0.312 e. The molecule has 19 heavy (non-hydrogen) atoms. The number of rotatable bonds is 5. The number of nitrogens with one attached hydrogen (secondary N) is 1. The number of pyridine rings is 1. The van der Waals surface area contributed by atoms with E-state index < -0.39 is 0 Å². The second-order valence-electron chi connectivity index (χ2n) is 6.23. The van der Waals surface area contributed by atoms with Crippen molar-refractivity contribution in [2.24, 2.45) is 0 Å². The summed E-state index contributed by atoms with van der Waals surface area (Å²) in [7, 11) is 0. The van der Waals surface area contributed by atoms with Crippen LogP contribution in [0.4, 0.5) is 0 Å². The zero-order chi connectivity index (χ0) is 14.6. The average Bonchev–Trinajstić information content (AvgIpc) is 2.35. The zero-order valence-electron chi connectivity index (χ0n) is 13.2. The van der Waals surface area contributed by atoms with E-state index in [1.54, 1.807) is 0 Å². The molecule has 1 N–H and O–H groups in total. The first-order valence-electron chi connectivity index (χ1n) is 7.27. The lowest BCUT2D eigenvalue weighted by atomic mass is 9.90. The fraction of sp³-hybridized carbons (Fsp3) is 0.688. The van der Waals surface area contributed by atoms with Crippen molar-refractivity contribution in [3.8, 4) is 0 Å². The molecule has 0 spiro atoms. The van der Waals surface area contributed by atoms with Gasteiger partial charge in [0, 0.05) is 35.8 Å². The Morgan fingerprint density at radius 2 is 1.89 bits per heavy atom. The summed E-state index contributed by atoms with van der Waals surface area (Å²) in [5.74, 6) is 0.